The Kier molecular flexibility index (Phi) is 4.00. The maximum atomic E-state index is 12.4. The molecule has 0 saturated carbocycles. The van der Waals surface area contributed by atoms with Crippen LogP contribution < -0.4 is 5.56 Å². The lowest BCUT2D eigenvalue weighted by atomic mass is 10.3. The second-order valence-corrected chi connectivity index (χ2v) is 4.91. The van der Waals surface area contributed by atoms with E-state index in [0.717, 1.165) is 4.68 Å². The quantitative estimate of drug-likeness (QED) is 0.727. The highest BCUT2D eigenvalue weighted by Crippen LogP contribution is 2.32. The van der Waals surface area contributed by atoms with Gasteiger partial charge in [0.2, 0.25) is 0 Å². The first-order valence-corrected chi connectivity index (χ1v) is 6.15. The lowest BCUT2D eigenvalue weighted by Crippen LogP contribution is -2.23. The molecule has 0 bridgehead atoms. The number of hydrogen-bond donors (Lipinski definition) is 0. The number of nitrogens with zero attached hydrogens (tertiary/aromatic N) is 2. The SMILES string of the molecule is O=c1cc(C(F)(F)F)cnn1-c1cc(Cl)c(Cl)c(Cl)c1. The molecule has 0 aliphatic rings. The molecule has 1 heterocycles. The van der Waals surface area contributed by atoms with Gasteiger partial charge in [0.25, 0.3) is 5.56 Å². The van der Waals surface area contributed by atoms with E-state index in [1.807, 2.05) is 0 Å². The van der Waals surface area contributed by atoms with E-state index < -0.39 is 17.3 Å². The molecule has 106 valence electrons. The van der Waals surface area contributed by atoms with Crippen LogP contribution in [0.5, 0.6) is 0 Å². The minimum atomic E-state index is -4.64. The number of benzene rings is 1. The fourth-order valence-electron chi connectivity index (χ4n) is 1.42. The van der Waals surface area contributed by atoms with Crippen molar-refractivity contribution in [2.45, 2.75) is 6.18 Å². The van der Waals surface area contributed by atoms with Crippen LogP contribution in [0.25, 0.3) is 5.69 Å². The molecule has 2 aromatic rings. The molecule has 1 aromatic carbocycles. The smallest absolute Gasteiger partial charge is 0.267 e. The van der Waals surface area contributed by atoms with Crippen molar-refractivity contribution in [1.29, 1.82) is 0 Å². The first-order chi connectivity index (χ1) is 9.20. The van der Waals surface area contributed by atoms with Gasteiger partial charge in [-0.1, -0.05) is 34.8 Å². The molecule has 0 spiro atoms. The monoisotopic (exact) mass is 342 g/mol. The molecule has 20 heavy (non-hydrogen) atoms. The minimum absolute atomic E-state index is 0.0581. The third-order valence-electron chi connectivity index (χ3n) is 2.34. The Balaban J connectivity index is 2.58. The standard InChI is InChI=1S/C11H4Cl3F3N2O/c12-7-2-6(3-8(13)10(7)14)19-9(20)1-5(4-18-19)11(15,16)17/h1-4H. The highest BCUT2D eigenvalue weighted by Gasteiger charge is 2.31. The molecule has 0 N–H and O–H groups in total. The Bertz CT molecular complexity index is 705. The maximum absolute atomic E-state index is 12.4. The number of aromatic nitrogens is 2. The van der Waals surface area contributed by atoms with E-state index in [-0.39, 0.29) is 20.8 Å². The Hall–Kier alpha value is -1.24. The number of halogens is 6. The summed E-state index contributed by atoms with van der Waals surface area (Å²) in [6.45, 7) is 0. The van der Waals surface area contributed by atoms with Crippen LogP contribution in [0.2, 0.25) is 15.1 Å². The Morgan fingerprint density at radius 2 is 1.60 bits per heavy atom. The van der Waals surface area contributed by atoms with E-state index in [4.69, 9.17) is 34.8 Å². The fourth-order valence-corrected chi connectivity index (χ4v) is 2.01. The average molecular weight is 344 g/mol. The molecule has 0 atom stereocenters. The molecular formula is C11H4Cl3F3N2O. The summed E-state index contributed by atoms with van der Waals surface area (Å²) in [6, 6.07) is 2.98. The summed E-state index contributed by atoms with van der Waals surface area (Å²) in [5.74, 6) is 0. The molecule has 0 amide bonds. The third-order valence-corrected chi connectivity index (χ3v) is 3.54. The largest absolute Gasteiger partial charge is 0.418 e. The Labute approximate surface area is 125 Å². The zero-order valence-electron chi connectivity index (χ0n) is 9.38. The van der Waals surface area contributed by atoms with Crippen LogP contribution in [0.1, 0.15) is 5.56 Å². The normalized spacial score (nSPS) is 11.7. The fraction of sp³-hybridized carbons (Fsp3) is 0.0909. The second kappa shape index (κ2) is 5.27. The Morgan fingerprint density at radius 3 is 2.05 bits per heavy atom. The van der Waals surface area contributed by atoms with Crippen molar-refractivity contribution in [2.75, 3.05) is 0 Å². The highest BCUT2D eigenvalue weighted by molar-refractivity contribution is 6.48. The van der Waals surface area contributed by atoms with Gasteiger partial charge < -0.3 is 0 Å². The zero-order valence-corrected chi connectivity index (χ0v) is 11.6. The van der Waals surface area contributed by atoms with Crippen LogP contribution >= 0.6 is 34.8 Å². The van der Waals surface area contributed by atoms with Crippen LogP contribution in [-0.4, -0.2) is 9.78 Å². The van der Waals surface area contributed by atoms with Crippen molar-refractivity contribution in [3.8, 4) is 5.69 Å². The first kappa shape index (κ1) is 15.2. The zero-order chi connectivity index (χ0) is 15.1. The molecule has 0 saturated heterocycles. The number of hydrogen-bond acceptors (Lipinski definition) is 2. The average Bonchev–Trinajstić information content (AvgIpc) is 2.34. The van der Waals surface area contributed by atoms with Crippen molar-refractivity contribution >= 4 is 34.8 Å². The van der Waals surface area contributed by atoms with Crippen LogP contribution in [0, 0.1) is 0 Å². The number of alkyl halides is 3. The predicted molar refractivity (Wildman–Crippen MR) is 69.9 cm³/mol. The number of rotatable bonds is 1. The van der Waals surface area contributed by atoms with E-state index in [9.17, 15) is 18.0 Å². The van der Waals surface area contributed by atoms with Crippen LogP contribution in [0.15, 0.2) is 29.2 Å². The summed E-state index contributed by atoms with van der Waals surface area (Å²) in [5.41, 5.74) is -1.98. The third kappa shape index (κ3) is 2.92. The summed E-state index contributed by atoms with van der Waals surface area (Å²) in [6.07, 6.45) is -4.10. The van der Waals surface area contributed by atoms with E-state index in [0.29, 0.717) is 12.3 Å². The molecule has 0 radical (unpaired) electrons. The van der Waals surface area contributed by atoms with Crippen molar-refractivity contribution in [3.05, 3.63) is 55.4 Å². The summed E-state index contributed by atoms with van der Waals surface area (Å²) in [4.78, 5) is 11.7. The molecule has 0 fully saturated rings. The minimum Gasteiger partial charge on any atom is -0.267 e. The molecule has 3 nitrogen and oxygen atoms in total. The topological polar surface area (TPSA) is 34.9 Å². The van der Waals surface area contributed by atoms with Crippen molar-refractivity contribution < 1.29 is 13.2 Å². The highest BCUT2D eigenvalue weighted by atomic mass is 35.5. The van der Waals surface area contributed by atoms with Gasteiger partial charge >= 0.3 is 6.18 Å². The molecule has 9 heteroatoms. The summed E-state index contributed by atoms with van der Waals surface area (Å²) >= 11 is 17.3. The maximum Gasteiger partial charge on any atom is 0.418 e. The van der Waals surface area contributed by atoms with Crippen molar-refractivity contribution in [1.82, 2.24) is 9.78 Å². The van der Waals surface area contributed by atoms with E-state index >= 15 is 0 Å². The molecule has 0 aliphatic heterocycles. The van der Waals surface area contributed by atoms with Gasteiger partial charge in [0.05, 0.1) is 32.5 Å². The van der Waals surface area contributed by atoms with Gasteiger partial charge in [0.15, 0.2) is 0 Å². The lowest BCUT2D eigenvalue weighted by molar-refractivity contribution is -0.138. The second-order valence-electron chi connectivity index (χ2n) is 3.72. The molecule has 0 unspecified atom stereocenters. The van der Waals surface area contributed by atoms with Crippen molar-refractivity contribution in [2.24, 2.45) is 0 Å². The molecular weight excluding hydrogens is 339 g/mol. The summed E-state index contributed by atoms with van der Waals surface area (Å²) in [7, 11) is 0. The van der Waals surface area contributed by atoms with Gasteiger partial charge in [-0.2, -0.15) is 23.0 Å². The van der Waals surface area contributed by atoms with Crippen LogP contribution in [-0.2, 0) is 6.18 Å². The van der Waals surface area contributed by atoms with Crippen LogP contribution in [0.3, 0.4) is 0 Å². The van der Waals surface area contributed by atoms with Crippen molar-refractivity contribution in [3.63, 3.8) is 0 Å². The van der Waals surface area contributed by atoms with E-state index in [2.05, 4.69) is 5.10 Å². The van der Waals surface area contributed by atoms with Gasteiger partial charge in [0, 0.05) is 6.07 Å². The molecule has 2 rings (SSSR count). The predicted octanol–water partition coefficient (Wildman–Crippen LogP) is 4.21. The van der Waals surface area contributed by atoms with Crippen LogP contribution in [0.4, 0.5) is 13.2 Å². The first-order valence-electron chi connectivity index (χ1n) is 5.01. The summed E-state index contributed by atoms with van der Waals surface area (Å²) < 4.78 is 38.0. The van der Waals surface area contributed by atoms with Gasteiger partial charge in [0.1, 0.15) is 0 Å². The lowest BCUT2D eigenvalue weighted by Gasteiger charge is -2.09. The Morgan fingerprint density at radius 1 is 1.05 bits per heavy atom. The summed E-state index contributed by atoms with van der Waals surface area (Å²) in [5, 5.41) is 3.65. The molecule has 1 aromatic heterocycles. The van der Waals surface area contributed by atoms with E-state index in [1.165, 1.54) is 12.1 Å². The van der Waals surface area contributed by atoms with Gasteiger partial charge in [-0.15, -0.1) is 0 Å². The molecule has 0 aliphatic carbocycles. The van der Waals surface area contributed by atoms with Gasteiger partial charge in [-0.25, -0.2) is 0 Å². The van der Waals surface area contributed by atoms with Gasteiger partial charge in [-0.3, -0.25) is 4.79 Å². The van der Waals surface area contributed by atoms with Gasteiger partial charge in [-0.05, 0) is 12.1 Å². The van der Waals surface area contributed by atoms with E-state index in [1.54, 1.807) is 0 Å².